The van der Waals surface area contributed by atoms with Gasteiger partial charge in [-0.15, -0.1) is 6.58 Å². The predicted molar refractivity (Wildman–Crippen MR) is 128 cm³/mol. The van der Waals surface area contributed by atoms with E-state index in [0.717, 1.165) is 29.1 Å². The maximum atomic E-state index is 13.1. The zero-order valence-electron chi connectivity index (χ0n) is 19.7. The number of rotatable bonds is 4. The highest BCUT2D eigenvalue weighted by Gasteiger charge is 2.73. The summed E-state index contributed by atoms with van der Waals surface area (Å²) in [6.45, 7) is 8.94. The summed E-state index contributed by atoms with van der Waals surface area (Å²) in [4.78, 5) is 21.5. The van der Waals surface area contributed by atoms with E-state index in [9.17, 15) is 15.0 Å². The number of aryl methyl sites for hydroxylation is 1. The smallest absolute Gasteiger partial charge is 0.224 e. The highest BCUT2D eigenvalue weighted by Crippen LogP contribution is 2.66. The first-order valence-corrected chi connectivity index (χ1v) is 12.1. The van der Waals surface area contributed by atoms with Crippen LogP contribution in [0.1, 0.15) is 43.0 Å². The Morgan fingerprint density at radius 2 is 2.21 bits per heavy atom. The number of anilines is 1. The minimum Gasteiger partial charge on any atom is -0.504 e. The summed E-state index contributed by atoms with van der Waals surface area (Å²) in [5.41, 5.74) is 1.99. The molecule has 1 spiro atoms. The van der Waals surface area contributed by atoms with Gasteiger partial charge in [0, 0.05) is 42.7 Å². The van der Waals surface area contributed by atoms with E-state index in [1.165, 1.54) is 0 Å². The second-order valence-corrected chi connectivity index (χ2v) is 10.3. The van der Waals surface area contributed by atoms with Crippen LogP contribution in [-0.4, -0.2) is 62.9 Å². The predicted octanol–water partition coefficient (Wildman–Crippen LogP) is 2.86. The normalized spacial score (nSPS) is 33.1. The van der Waals surface area contributed by atoms with Crippen molar-refractivity contribution < 1.29 is 19.7 Å². The molecule has 2 aromatic rings. The molecule has 4 aliphatic rings. The average molecular weight is 462 g/mol. The summed E-state index contributed by atoms with van der Waals surface area (Å²) >= 11 is 0. The number of amides is 1. The van der Waals surface area contributed by atoms with E-state index < -0.39 is 17.1 Å². The molecule has 2 aliphatic heterocycles. The molecule has 2 aliphatic carbocycles. The summed E-state index contributed by atoms with van der Waals surface area (Å²) in [6, 6.07) is 7.11. The summed E-state index contributed by atoms with van der Waals surface area (Å²) in [5, 5.41) is 23.3. The van der Waals surface area contributed by atoms with Crippen LogP contribution >= 0.6 is 0 Å². The lowest BCUT2D eigenvalue weighted by molar-refractivity contribution is -0.187. The van der Waals surface area contributed by atoms with Crippen LogP contribution in [0.15, 0.2) is 43.1 Å². The Labute approximate surface area is 199 Å². The Balaban J connectivity index is 1.54. The number of ether oxygens (including phenoxy) is 1. The number of aromatic nitrogens is 1. The van der Waals surface area contributed by atoms with Gasteiger partial charge in [0.05, 0.1) is 17.1 Å². The van der Waals surface area contributed by atoms with Gasteiger partial charge >= 0.3 is 0 Å². The molecule has 7 heteroatoms. The van der Waals surface area contributed by atoms with E-state index in [4.69, 9.17) is 4.74 Å². The molecule has 0 unspecified atom stereocenters. The van der Waals surface area contributed by atoms with E-state index in [1.807, 2.05) is 36.1 Å². The van der Waals surface area contributed by atoms with Gasteiger partial charge in [0.25, 0.3) is 0 Å². The Hall–Kier alpha value is -2.90. The molecule has 1 amide bonds. The fourth-order valence-electron chi connectivity index (χ4n) is 7.54. The number of phenolic OH excluding ortho intramolecular Hbond substituents is 1. The second kappa shape index (κ2) is 7.30. The number of likely N-dealkylation sites (tertiary alicyclic amines) is 1. The minimum absolute atomic E-state index is 0.0664. The number of phenols is 1. The molecule has 7 nitrogen and oxygen atoms in total. The SMILES string of the molecule is C=CCN1CC[C@]23c4c5ccc(O)c4O[C@H]2[C@@H](N(C(C)=O)c2ccnc(C)c2)CC[C@@]3(O)[C@H]1C5. The van der Waals surface area contributed by atoms with E-state index >= 15 is 0 Å². The minimum atomic E-state index is -1.02. The molecule has 2 N–H and O–H groups in total. The summed E-state index contributed by atoms with van der Waals surface area (Å²) < 4.78 is 6.61. The maximum Gasteiger partial charge on any atom is 0.224 e. The number of nitrogens with zero attached hydrogens (tertiary/aromatic N) is 3. The molecule has 2 bridgehead atoms. The van der Waals surface area contributed by atoms with Crippen LogP contribution in [-0.2, 0) is 16.6 Å². The van der Waals surface area contributed by atoms with Crippen molar-refractivity contribution in [3.8, 4) is 11.5 Å². The van der Waals surface area contributed by atoms with Gasteiger partial charge in [-0.1, -0.05) is 12.1 Å². The molecule has 5 atom stereocenters. The third kappa shape index (κ3) is 2.59. The van der Waals surface area contributed by atoms with Crippen LogP contribution in [0.2, 0.25) is 0 Å². The van der Waals surface area contributed by atoms with Crippen molar-refractivity contribution in [3.05, 3.63) is 59.9 Å². The molecule has 3 heterocycles. The van der Waals surface area contributed by atoms with Crippen LogP contribution < -0.4 is 9.64 Å². The third-order valence-corrected chi connectivity index (χ3v) is 8.73. The van der Waals surface area contributed by atoms with E-state index in [0.29, 0.717) is 38.0 Å². The number of benzene rings is 1. The van der Waals surface area contributed by atoms with Crippen LogP contribution in [0.5, 0.6) is 11.5 Å². The summed E-state index contributed by atoms with van der Waals surface area (Å²) in [6.07, 6.45) is 5.71. The fraction of sp³-hybridized carbons (Fsp3) is 0.481. The second-order valence-electron chi connectivity index (χ2n) is 10.3. The van der Waals surface area contributed by atoms with Crippen molar-refractivity contribution in [2.75, 3.05) is 18.0 Å². The van der Waals surface area contributed by atoms with Gasteiger partial charge in [-0.3, -0.25) is 14.7 Å². The molecule has 34 heavy (non-hydrogen) atoms. The lowest BCUT2D eigenvalue weighted by atomic mass is 9.48. The monoisotopic (exact) mass is 461 g/mol. The molecule has 178 valence electrons. The molecular formula is C27H31N3O4. The molecule has 1 aromatic heterocycles. The Morgan fingerprint density at radius 1 is 1.38 bits per heavy atom. The lowest BCUT2D eigenvalue weighted by Gasteiger charge is -2.64. The molecule has 0 radical (unpaired) electrons. The number of piperidine rings is 1. The van der Waals surface area contributed by atoms with Crippen molar-refractivity contribution in [2.45, 2.75) is 68.7 Å². The molecule has 1 aromatic carbocycles. The van der Waals surface area contributed by atoms with Crippen LogP contribution in [0.3, 0.4) is 0 Å². The molecular weight excluding hydrogens is 430 g/mol. The zero-order valence-corrected chi connectivity index (χ0v) is 19.7. The average Bonchev–Trinajstić information content (AvgIpc) is 3.15. The number of carbonyl (C=O) groups excluding carboxylic acids is 1. The van der Waals surface area contributed by atoms with E-state index in [-0.39, 0.29) is 23.7 Å². The fourth-order valence-corrected chi connectivity index (χ4v) is 7.54. The standard InChI is InChI=1S/C27H31N3O4/c1-4-12-29-13-10-26-23-18-5-6-21(32)24(23)34-25(26)20(7-9-27(26,33)22(29)15-18)30(17(3)31)19-8-11-28-16(2)14-19/h4-6,8,11,14,20,22,25,32-33H,1,7,9-10,12-13,15H2,2-3H3/t20-,22+,25-,26-,27+/m0/s1. The van der Waals surface area contributed by atoms with Crippen molar-refractivity contribution in [1.82, 2.24) is 9.88 Å². The summed E-state index contributed by atoms with van der Waals surface area (Å²) in [5.74, 6) is 0.514. The third-order valence-electron chi connectivity index (χ3n) is 8.73. The Bertz CT molecular complexity index is 1200. The number of aliphatic hydroxyl groups is 1. The Kier molecular flexibility index (Phi) is 4.64. The van der Waals surface area contributed by atoms with Gasteiger partial charge in [0.1, 0.15) is 6.10 Å². The number of carbonyl (C=O) groups is 1. The van der Waals surface area contributed by atoms with Crippen molar-refractivity contribution >= 4 is 11.6 Å². The molecule has 1 saturated carbocycles. The molecule has 1 saturated heterocycles. The maximum absolute atomic E-state index is 13.1. The van der Waals surface area contributed by atoms with Gasteiger partial charge < -0.3 is 19.8 Å². The number of aromatic hydroxyl groups is 1. The number of hydrogen-bond donors (Lipinski definition) is 2. The lowest BCUT2D eigenvalue weighted by Crippen LogP contribution is -2.78. The summed E-state index contributed by atoms with van der Waals surface area (Å²) in [7, 11) is 0. The number of hydrogen-bond acceptors (Lipinski definition) is 6. The van der Waals surface area contributed by atoms with E-state index in [1.54, 1.807) is 19.2 Å². The van der Waals surface area contributed by atoms with Gasteiger partial charge in [-0.25, -0.2) is 0 Å². The van der Waals surface area contributed by atoms with Crippen LogP contribution in [0, 0.1) is 6.92 Å². The Morgan fingerprint density at radius 3 is 2.94 bits per heavy atom. The number of pyridine rings is 1. The quantitative estimate of drug-likeness (QED) is 0.681. The van der Waals surface area contributed by atoms with Crippen LogP contribution in [0.25, 0.3) is 0 Å². The van der Waals surface area contributed by atoms with Crippen LogP contribution in [0.4, 0.5) is 5.69 Å². The van der Waals surface area contributed by atoms with Gasteiger partial charge in [-0.2, -0.15) is 0 Å². The highest BCUT2D eigenvalue weighted by atomic mass is 16.5. The first-order chi connectivity index (χ1) is 16.3. The first kappa shape index (κ1) is 21.6. The highest BCUT2D eigenvalue weighted by molar-refractivity contribution is 5.92. The van der Waals surface area contributed by atoms with Crippen molar-refractivity contribution in [1.29, 1.82) is 0 Å². The van der Waals surface area contributed by atoms with E-state index in [2.05, 4.69) is 16.5 Å². The topological polar surface area (TPSA) is 86.1 Å². The largest absolute Gasteiger partial charge is 0.504 e. The van der Waals surface area contributed by atoms with Crippen molar-refractivity contribution in [2.24, 2.45) is 0 Å². The van der Waals surface area contributed by atoms with Gasteiger partial charge in [0.15, 0.2) is 11.5 Å². The zero-order chi connectivity index (χ0) is 23.8. The van der Waals surface area contributed by atoms with Gasteiger partial charge in [0.2, 0.25) is 5.91 Å². The first-order valence-electron chi connectivity index (χ1n) is 12.1. The molecule has 2 fully saturated rings. The van der Waals surface area contributed by atoms with Gasteiger partial charge in [-0.05, 0) is 62.9 Å². The molecule has 6 rings (SSSR count). The van der Waals surface area contributed by atoms with Crippen molar-refractivity contribution in [3.63, 3.8) is 0 Å².